The zero-order valence-corrected chi connectivity index (χ0v) is 13.9. The van der Waals surface area contributed by atoms with Crippen LogP contribution >= 0.6 is 11.6 Å². The zero-order chi connectivity index (χ0) is 15.0. The van der Waals surface area contributed by atoms with E-state index in [1.54, 1.807) is 0 Å². The van der Waals surface area contributed by atoms with E-state index < -0.39 is 0 Å². The molecule has 0 aromatic carbocycles. The van der Waals surface area contributed by atoms with Crippen LogP contribution in [0.3, 0.4) is 0 Å². The predicted molar refractivity (Wildman–Crippen MR) is 87.7 cm³/mol. The molecule has 1 heterocycles. The van der Waals surface area contributed by atoms with Gasteiger partial charge in [0.15, 0.2) is 0 Å². The van der Waals surface area contributed by atoms with Crippen LogP contribution in [0.15, 0.2) is 12.1 Å². The summed E-state index contributed by atoms with van der Waals surface area (Å²) in [5.41, 5.74) is 0.928. The van der Waals surface area contributed by atoms with Crippen molar-refractivity contribution in [2.24, 2.45) is 0 Å². The van der Waals surface area contributed by atoms with Crippen LogP contribution in [-0.2, 0) is 6.54 Å². The first-order valence-electron chi connectivity index (χ1n) is 7.26. The molecule has 0 amide bonds. The van der Waals surface area contributed by atoms with Crippen LogP contribution in [0.25, 0.3) is 0 Å². The van der Waals surface area contributed by atoms with Crippen LogP contribution in [-0.4, -0.2) is 50.7 Å². The number of aromatic nitrogens is 1. The van der Waals surface area contributed by atoms with E-state index >= 15 is 0 Å². The summed E-state index contributed by atoms with van der Waals surface area (Å²) in [4.78, 5) is 9.04. The van der Waals surface area contributed by atoms with E-state index in [0.29, 0.717) is 0 Å². The van der Waals surface area contributed by atoms with Gasteiger partial charge in [-0.3, -0.25) is 0 Å². The zero-order valence-electron chi connectivity index (χ0n) is 13.1. The van der Waals surface area contributed by atoms with Crippen LogP contribution in [0, 0.1) is 0 Å². The second-order valence-corrected chi connectivity index (χ2v) is 5.76. The number of nitrogens with one attached hydrogen (secondary N) is 1. The van der Waals surface area contributed by atoms with Crippen LogP contribution in [0.1, 0.15) is 25.5 Å². The van der Waals surface area contributed by atoms with Gasteiger partial charge in [0.25, 0.3) is 0 Å². The number of hydrogen-bond acceptors (Lipinski definition) is 4. The number of nitrogens with zero attached hydrogens (tertiary/aromatic N) is 3. The number of halogens is 1. The summed E-state index contributed by atoms with van der Waals surface area (Å²) in [5, 5.41) is 4.08. The third-order valence-corrected chi connectivity index (χ3v) is 3.46. The van der Waals surface area contributed by atoms with Crippen LogP contribution in [0.5, 0.6) is 0 Å². The van der Waals surface area contributed by atoms with Crippen molar-refractivity contribution in [2.75, 3.05) is 45.7 Å². The first kappa shape index (κ1) is 17.2. The summed E-state index contributed by atoms with van der Waals surface area (Å²) >= 11 is 6.20. The second kappa shape index (κ2) is 9.16. The van der Waals surface area contributed by atoms with Crippen LogP contribution < -0.4 is 10.2 Å². The maximum Gasteiger partial charge on any atom is 0.128 e. The van der Waals surface area contributed by atoms with Crippen molar-refractivity contribution in [1.29, 1.82) is 0 Å². The molecule has 1 aromatic heterocycles. The first-order valence-corrected chi connectivity index (χ1v) is 7.64. The molecule has 20 heavy (non-hydrogen) atoms. The quantitative estimate of drug-likeness (QED) is 0.710. The molecular formula is C15H27ClN4. The lowest BCUT2D eigenvalue weighted by Gasteiger charge is -2.20. The Morgan fingerprint density at radius 3 is 2.60 bits per heavy atom. The van der Waals surface area contributed by atoms with E-state index in [4.69, 9.17) is 11.6 Å². The average Bonchev–Trinajstić information content (AvgIpc) is 2.40. The molecule has 4 nitrogen and oxygen atoms in total. The fourth-order valence-electron chi connectivity index (χ4n) is 1.93. The van der Waals surface area contributed by atoms with Gasteiger partial charge in [0.2, 0.25) is 0 Å². The Kier molecular flexibility index (Phi) is 7.88. The lowest BCUT2D eigenvalue weighted by atomic mass is 10.3. The summed E-state index contributed by atoms with van der Waals surface area (Å²) in [6.45, 7) is 5.95. The van der Waals surface area contributed by atoms with Gasteiger partial charge in [0.05, 0.1) is 10.7 Å². The molecule has 0 fully saturated rings. The molecule has 1 rings (SSSR count). The highest BCUT2D eigenvalue weighted by molar-refractivity contribution is 6.31. The van der Waals surface area contributed by atoms with E-state index in [1.807, 2.05) is 12.1 Å². The molecule has 0 spiro atoms. The van der Waals surface area contributed by atoms with E-state index in [0.717, 1.165) is 55.6 Å². The summed E-state index contributed by atoms with van der Waals surface area (Å²) in [7, 11) is 6.27. The van der Waals surface area contributed by atoms with Crippen molar-refractivity contribution in [1.82, 2.24) is 15.2 Å². The predicted octanol–water partition coefficient (Wildman–Crippen LogP) is 2.62. The Morgan fingerprint density at radius 2 is 1.95 bits per heavy atom. The molecule has 0 atom stereocenters. The van der Waals surface area contributed by atoms with Crippen molar-refractivity contribution in [3.8, 4) is 0 Å². The first-order chi connectivity index (χ1) is 9.54. The van der Waals surface area contributed by atoms with Crippen LogP contribution in [0.2, 0.25) is 5.02 Å². The Morgan fingerprint density at radius 1 is 1.20 bits per heavy atom. The fraction of sp³-hybridized carbons (Fsp3) is 0.667. The third kappa shape index (κ3) is 6.07. The molecule has 1 N–H and O–H groups in total. The molecule has 0 unspecified atom stereocenters. The third-order valence-electron chi connectivity index (χ3n) is 3.11. The second-order valence-electron chi connectivity index (χ2n) is 5.35. The van der Waals surface area contributed by atoms with Crippen molar-refractivity contribution in [3.63, 3.8) is 0 Å². The Labute approximate surface area is 128 Å². The molecule has 0 saturated carbocycles. The maximum absolute atomic E-state index is 6.20. The van der Waals surface area contributed by atoms with Gasteiger partial charge in [0, 0.05) is 20.1 Å². The number of anilines is 1. The van der Waals surface area contributed by atoms with Gasteiger partial charge in [-0.15, -0.1) is 0 Å². The number of rotatable bonds is 9. The van der Waals surface area contributed by atoms with Gasteiger partial charge in [0.1, 0.15) is 5.82 Å². The molecule has 0 aliphatic heterocycles. The molecule has 1 aromatic rings. The molecule has 114 valence electrons. The van der Waals surface area contributed by atoms with Crippen LogP contribution in [0.4, 0.5) is 5.82 Å². The van der Waals surface area contributed by atoms with E-state index in [9.17, 15) is 0 Å². The normalized spacial score (nSPS) is 11.1. The minimum atomic E-state index is 0.728. The molecule has 0 radical (unpaired) electrons. The SMILES string of the molecule is CCCNCc1nc(N(C)CCCN(C)C)ccc1Cl. The van der Waals surface area contributed by atoms with Crippen molar-refractivity contribution < 1.29 is 0 Å². The lowest BCUT2D eigenvalue weighted by molar-refractivity contribution is 0.401. The molecule has 0 saturated heterocycles. The number of hydrogen-bond donors (Lipinski definition) is 1. The van der Waals surface area contributed by atoms with Gasteiger partial charge in [-0.2, -0.15) is 0 Å². The van der Waals surface area contributed by atoms with E-state index in [-0.39, 0.29) is 0 Å². The van der Waals surface area contributed by atoms with Gasteiger partial charge in [-0.25, -0.2) is 4.98 Å². The largest absolute Gasteiger partial charge is 0.360 e. The van der Waals surface area contributed by atoms with Crippen molar-refractivity contribution >= 4 is 17.4 Å². The standard InChI is InChI=1S/C15H27ClN4/c1-5-9-17-12-14-13(16)7-8-15(18-14)20(4)11-6-10-19(2)3/h7-8,17H,5-6,9-12H2,1-4H3. The van der Waals surface area contributed by atoms with Crippen molar-refractivity contribution in [2.45, 2.75) is 26.3 Å². The lowest BCUT2D eigenvalue weighted by Crippen LogP contribution is -2.24. The Balaban J connectivity index is 2.58. The number of pyridine rings is 1. The molecule has 5 heteroatoms. The highest BCUT2D eigenvalue weighted by Gasteiger charge is 2.07. The molecule has 0 aliphatic rings. The topological polar surface area (TPSA) is 31.4 Å². The summed E-state index contributed by atoms with van der Waals surface area (Å²) in [6, 6.07) is 3.93. The maximum atomic E-state index is 6.20. The smallest absolute Gasteiger partial charge is 0.128 e. The highest BCUT2D eigenvalue weighted by atomic mass is 35.5. The average molecular weight is 299 g/mol. The highest BCUT2D eigenvalue weighted by Crippen LogP contribution is 2.18. The van der Waals surface area contributed by atoms with Gasteiger partial charge in [-0.05, 0) is 52.2 Å². The van der Waals surface area contributed by atoms with Crippen molar-refractivity contribution in [3.05, 3.63) is 22.8 Å². The summed E-state index contributed by atoms with van der Waals surface area (Å²) in [6.07, 6.45) is 2.24. The van der Waals surface area contributed by atoms with Gasteiger partial charge < -0.3 is 15.1 Å². The summed E-state index contributed by atoms with van der Waals surface area (Å²) in [5.74, 6) is 0.987. The van der Waals surface area contributed by atoms with E-state index in [2.05, 4.69) is 48.2 Å². The minimum absolute atomic E-state index is 0.728. The van der Waals surface area contributed by atoms with E-state index in [1.165, 1.54) is 0 Å². The van der Waals surface area contributed by atoms with Gasteiger partial charge >= 0.3 is 0 Å². The molecule has 0 bridgehead atoms. The minimum Gasteiger partial charge on any atom is -0.360 e. The Hall–Kier alpha value is -0.840. The summed E-state index contributed by atoms with van der Waals surface area (Å²) < 4.78 is 0. The molecule has 0 aliphatic carbocycles. The molecular weight excluding hydrogens is 272 g/mol. The Bertz CT molecular complexity index is 395. The van der Waals surface area contributed by atoms with Gasteiger partial charge in [-0.1, -0.05) is 18.5 Å². The monoisotopic (exact) mass is 298 g/mol. The fourth-order valence-corrected chi connectivity index (χ4v) is 2.10.